The predicted octanol–water partition coefficient (Wildman–Crippen LogP) is 5.49. The molecular formula is C28H24N4O3S. The molecule has 0 bridgehead atoms. The Morgan fingerprint density at radius 1 is 1.00 bits per heavy atom. The Morgan fingerprint density at radius 3 is 2.44 bits per heavy atom. The third kappa shape index (κ3) is 5.10. The van der Waals surface area contributed by atoms with E-state index in [-0.39, 0.29) is 25.1 Å². The number of ether oxygens (including phenoxy) is 1. The number of aromatic nitrogens is 1. The van der Waals surface area contributed by atoms with Crippen LogP contribution in [0.4, 0.5) is 11.4 Å². The van der Waals surface area contributed by atoms with E-state index in [9.17, 15) is 9.59 Å². The van der Waals surface area contributed by atoms with Gasteiger partial charge in [-0.25, -0.2) is 4.99 Å². The van der Waals surface area contributed by atoms with Crippen LogP contribution in [0.3, 0.4) is 0 Å². The fourth-order valence-electron chi connectivity index (χ4n) is 3.99. The summed E-state index contributed by atoms with van der Waals surface area (Å²) in [6, 6.07) is 26.7. The third-order valence-electron chi connectivity index (χ3n) is 5.60. The van der Waals surface area contributed by atoms with Gasteiger partial charge in [-0.2, -0.15) is 0 Å². The number of amidine groups is 1. The van der Waals surface area contributed by atoms with Crippen molar-refractivity contribution in [2.24, 2.45) is 4.99 Å². The molecular weight excluding hydrogens is 472 g/mol. The number of hydrogen-bond acceptors (Lipinski definition) is 5. The normalized spacial score (nSPS) is 15.8. The molecule has 1 aromatic heterocycles. The van der Waals surface area contributed by atoms with Gasteiger partial charge >= 0.3 is 0 Å². The minimum atomic E-state index is -0.171. The number of anilines is 1. The van der Waals surface area contributed by atoms with E-state index in [1.54, 1.807) is 7.11 Å². The van der Waals surface area contributed by atoms with Gasteiger partial charge in [0.1, 0.15) is 13.3 Å². The number of fused-ring (bicyclic) bond motifs is 1. The Kier molecular flexibility index (Phi) is 6.97. The summed E-state index contributed by atoms with van der Waals surface area (Å²) >= 11 is 1.31. The minimum absolute atomic E-state index is 0.107. The molecule has 0 atom stereocenters. The third-order valence-corrected chi connectivity index (χ3v) is 6.61. The van der Waals surface area contributed by atoms with Gasteiger partial charge in [0, 0.05) is 35.5 Å². The van der Waals surface area contributed by atoms with E-state index < -0.39 is 0 Å². The molecule has 0 aliphatic carbocycles. The second-order valence-corrected chi connectivity index (χ2v) is 9.14. The largest absolute Gasteiger partial charge is 0.364 e. The summed E-state index contributed by atoms with van der Waals surface area (Å²) in [7, 11) is 1.55. The number of rotatable bonds is 7. The van der Waals surface area contributed by atoms with E-state index in [0.29, 0.717) is 10.1 Å². The average Bonchev–Trinajstić information content (AvgIpc) is 3.38. The molecule has 36 heavy (non-hydrogen) atoms. The molecule has 0 saturated carbocycles. The zero-order valence-electron chi connectivity index (χ0n) is 19.6. The summed E-state index contributed by atoms with van der Waals surface area (Å²) in [5, 5.41) is 4.44. The standard InChI is InChI=1S/C28H24N4O3S/c1-35-19-32-27(34)25(36-28(32)30-22-12-6-3-7-13-22)16-20-17-31(24-15-9-8-14-23(20)24)18-26(33)29-21-10-4-2-5-11-21/h2-17H,18-19H2,1H3,(H,29,33)/b25-16+,30-28?. The quantitative estimate of drug-likeness (QED) is 0.344. The first-order valence-electron chi connectivity index (χ1n) is 11.4. The van der Waals surface area contributed by atoms with Gasteiger partial charge in [-0.05, 0) is 48.2 Å². The van der Waals surface area contributed by atoms with Crippen molar-refractivity contribution in [3.05, 3.63) is 102 Å². The molecule has 4 aromatic rings. The molecule has 8 heteroatoms. The summed E-state index contributed by atoms with van der Waals surface area (Å²) in [6.45, 7) is 0.256. The van der Waals surface area contributed by atoms with E-state index in [1.165, 1.54) is 16.7 Å². The van der Waals surface area contributed by atoms with E-state index in [0.717, 1.165) is 27.8 Å². The Hall–Kier alpha value is -4.14. The van der Waals surface area contributed by atoms with Crippen LogP contribution in [0.2, 0.25) is 0 Å². The molecule has 1 aliphatic rings. The average molecular weight is 497 g/mol. The zero-order chi connectivity index (χ0) is 24.9. The molecule has 1 saturated heterocycles. The second kappa shape index (κ2) is 10.6. The first-order chi connectivity index (χ1) is 17.6. The highest BCUT2D eigenvalue weighted by Gasteiger charge is 2.33. The molecule has 3 aromatic carbocycles. The van der Waals surface area contributed by atoms with E-state index in [4.69, 9.17) is 4.74 Å². The topological polar surface area (TPSA) is 75.9 Å². The lowest BCUT2D eigenvalue weighted by atomic mass is 10.1. The Bertz CT molecular complexity index is 1460. The molecule has 2 heterocycles. The highest BCUT2D eigenvalue weighted by molar-refractivity contribution is 8.18. The summed E-state index contributed by atoms with van der Waals surface area (Å²) in [5.74, 6) is -0.300. The van der Waals surface area contributed by atoms with Crippen LogP contribution in [-0.4, -0.2) is 40.3 Å². The molecule has 7 nitrogen and oxygen atoms in total. The lowest BCUT2D eigenvalue weighted by Crippen LogP contribution is -2.30. The number of hydrogen-bond donors (Lipinski definition) is 1. The van der Waals surface area contributed by atoms with Crippen LogP contribution in [0.1, 0.15) is 5.56 Å². The van der Waals surface area contributed by atoms with Crippen LogP contribution >= 0.6 is 11.8 Å². The highest BCUT2D eigenvalue weighted by atomic mass is 32.2. The van der Waals surface area contributed by atoms with Crippen LogP contribution in [0.25, 0.3) is 17.0 Å². The van der Waals surface area contributed by atoms with Gasteiger partial charge in [0.05, 0.1) is 10.6 Å². The number of nitrogens with one attached hydrogen (secondary N) is 1. The van der Waals surface area contributed by atoms with Gasteiger partial charge in [0.25, 0.3) is 5.91 Å². The maximum atomic E-state index is 13.2. The number of nitrogens with zero attached hydrogens (tertiary/aromatic N) is 3. The number of aliphatic imine (C=N–C) groups is 1. The SMILES string of the molecule is COCN1C(=O)/C(=C\c2cn(CC(=O)Nc3ccccc3)c3ccccc23)SC1=Nc1ccccc1. The van der Waals surface area contributed by atoms with Crippen molar-refractivity contribution in [3.63, 3.8) is 0 Å². The van der Waals surface area contributed by atoms with Gasteiger partial charge in [-0.15, -0.1) is 0 Å². The van der Waals surface area contributed by atoms with Crippen LogP contribution in [-0.2, 0) is 20.9 Å². The van der Waals surface area contributed by atoms with Crippen molar-refractivity contribution in [1.82, 2.24) is 9.47 Å². The summed E-state index contributed by atoms with van der Waals surface area (Å²) in [5.41, 5.74) is 3.27. The Labute approximate surface area is 213 Å². The summed E-state index contributed by atoms with van der Waals surface area (Å²) in [4.78, 5) is 32.7. The fraction of sp³-hybridized carbons (Fsp3) is 0.107. The molecule has 1 fully saturated rings. The van der Waals surface area contributed by atoms with Crippen LogP contribution in [0.15, 0.2) is 101 Å². The van der Waals surface area contributed by atoms with Gasteiger partial charge in [0.2, 0.25) is 5.91 Å². The predicted molar refractivity (Wildman–Crippen MR) is 145 cm³/mol. The van der Waals surface area contributed by atoms with Crippen molar-refractivity contribution < 1.29 is 14.3 Å². The molecule has 1 aliphatic heterocycles. The maximum Gasteiger partial charge on any atom is 0.268 e. The number of carbonyl (C=O) groups is 2. The smallest absolute Gasteiger partial charge is 0.268 e. The summed E-state index contributed by atoms with van der Waals surface area (Å²) in [6.07, 6.45) is 3.76. The second-order valence-electron chi connectivity index (χ2n) is 8.14. The molecule has 5 rings (SSSR count). The number of benzene rings is 3. The van der Waals surface area contributed by atoms with Crippen LogP contribution in [0.5, 0.6) is 0 Å². The number of methoxy groups -OCH3 is 1. The number of carbonyl (C=O) groups excluding carboxylic acids is 2. The van der Waals surface area contributed by atoms with Gasteiger partial charge in [-0.1, -0.05) is 54.6 Å². The van der Waals surface area contributed by atoms with Crippen LogP contribution in [0, 0.1) is 0 Å². The first-order valence-corrected chi connectivity index (χ1v) is 12.2. The zero-order valence-corrected chi connectivity index (χ0v) is 20.4. The van der Waals surface area contributed by atoms with E-state index >= 15 is 0 Å². The number of thioether (sulfide) groups is 1. The van der Waals surface area contributed by atoms with Gasteiger partial charge in [0.15, 0.2) is 5.17 Å². The summed E-state index contributed by atoms with van der Waals surface area (Å²) < 4.78 is 7.16. The Morgan fingerprint density at radius 2 is 1.69 bits per heavy atom. The lowest BCUT2D eigenvalue weighted by Gasteiger charge is -2.13. The number of amides is 2. The molecule has 2 amide bonds. The van der Waals surface area contributed by atoms with E-state index in [1.807, 2.05) is 102 Å². The van der Waals surface area contributed by atoms with Crippen molar-refractivity contribution in [3.8, 4) is 0 Å². The molecule has 180 valence electrons. The molecule has 1 N–H and O–H groups in total. The first kappa shape index (κ1) is 23.6. The molecule has 0 unspecified atom stereocenters. The van der Waals surface area contributed by atoms with Gasteiger partial charge < -0.3 is 14.6 Å². The Balaban J connectivity index is 1.45. The van der Waals surface area contributed by atoms with E-state index in [2.05, 4.69) is 10.3 Å². The van der Waals surface area contributed by atoms with Crippen LogP contribution < -0.4 is 5.32 Å². The lowest BCUT2D eigenvalue weighted by molar-refractivity contribution is -0.125. The monoisotopic (exact) mass is 496 g/mol. The van der Waals surface area contributed by atoms with Crippen molar-refractivity contribution in [2.75, 3.05) is 19.2 Å². The molecule has 0 spiro atoms. The van der Waals surface area contributed by atoms with Gasteiger partial charge in [-0.3, -0.25) is 14.5 Å². The number of para-hydroxylation sites is 3. The van der Waals surface area contributed by atoms with Crippen molar-refractivity contribution >= 4 is 57.1 Å². The minimum Gasteiger partial charge on any atom is -0.364 e. The maximum absolute atomic E-state index is 13.2. The van der Waals surface area contributed by atoms with Crippen molar-refractivity contribution in [2.45, 2.75) is 6.54 Å². The fourth-order valence-corrected chi connectivity index (χ4v) is 4.96. The van der Waals surface area contributed by atoms with Crippen molar-refractivity contribution in [1.29, 1.82) is 0 Å². The highest BCUT2D eigenvalue weighted by Crippen LogP contribution is 2.35. The molecule has 0 radical (unpaired) electrons.